The molecule has 0 saturated carbocycles. The lowest BCUT2D eigenvalue weighted by molar-refractivity contribution is -0.0767. The molecule has 4 nitrogen and oxygen atoms in total. The molecule has 0 radical (unpaired) electrons. The number of likely N-dealkylation sites (N-methyl/N-ethyl adjacent to an activating group) is 1. The van der Waals surface area contributed by atoms with Crippen molar-refractivity contribution < 1.29 is 4.74 Å². The third-order valence-corrected chi connectivity index (χ3v) is 4.69. The van der Waals surface area contributed by atoms with Gasteiger partial charge in [0.2, 0.25) is 0 Å². The summed E-state index contributed by atoms with van der Waals surface area (Å²) in [6.07, 6.45) is 3.22. The van der Waals surface area contributed by atoms with Crippen molar-refractivity contribution >= 4 is 0 Å². The molecular formula is C13H25N3O. The number of piperidine rings is 3. The Labute approximate surface area is 104 Å². The molecule has 0 amide bonds. The maximum Gasteiger partial charge on any atom is 0.0826 e. The Kier molecular flexibility index (Phi) is 3.66. The van der Waals surface area contributed by atoms with Gasteiger partial charge in [-0.05, 0) is 38.9 Å². The van der Waals surface area contributed by atoms with E-state index in [0.717, 1.165) is 38.2 Å². The first-order valence-corrected chi connectivity index (χ1v) is 7.09. The largest absolute Gasteiger partial charge is 0.374 e. The van der Waals surface area contributed by atoms with Crippen LogP contribution in [0.2, 0.25) is 0 Å². The Morgan fingerprint density at radius 2 is 2.00 bits per heavy atom. The number of fused-ring (bicyclic) bond motifs is 3. The van der Waals surface area contributed by atoms with Gasteiger partial charge in [0.05, 0.1) is 12.7 Å². The van der Waals surface area contributed by atoms with Gasteiger partial charge < -0.3 is 15.0 Å². The van der Waals surface area contributed by atoms with Crippen molar-refractivity contribution in [1.29, 1.82) is 0 Å². The summed E-state index contributed by atoms with van der Waals surface area (Å²) in [5.41, 5.74) is 0. The van der Waals surface area contributed by atoms with Crippen LogP contribution in [0.15, 0.2) is 0 Å². The minimum Gasteiger partial charge on any atom is -0.374 e. The Balaban J connectivity index is 1.60. The van der Waals surface area contributed by atoms with Gasteiger partial charge in [0, 0.05) is 32.2 Å². The lowest BCUT2D eigenvalue weighted by atomic mass is 9.83. The van der Waals surface area contributed by atoms with Gasteiger partial charge in [-0.1, -0.05) is 0 Å². The molecule has 2 atom stereocenters. The number of hydrogen-bond donors (Lipinski definition) is 1. The van der Waals surface area contributed by atoms with Gasteiger partial charge in [-0.15, -0.1) is 0 Å². The van der Waals surface area contributed by atoms with Crippen molar-refractivity contribution in [3.05, 3.63) is 0 Å². The first-order valence-electron chi connectivity index (χ1n) is 7.09. The molecular weight excluding hydrogens is 214 g/mol. The van der Waals surface area contributed by atoms with Crippen molar-refractivity contribution in [3.63, 3.8) is 0 Å². The zero-order valence-electron chi connectivity index (χ0n) is 10.9. The molecule has 4 saturated heterocycles. The first-order chi connectivity index (χ1) is 8.36. The van der Waals surface area contributed by atoms with Gasteiger partial charge in [-0.3, -0.25) is 4.90 Å². The second-order valence-corrected chi connectivity index (χ2v) is 5.75. The normalized spacial score (nSPS) is 42.9. The second kappa shape index (κ2) is 5.22. The van der Waals surface area contributed by atoms with Crippen LogP contribution in [-0.2, 0) is 4.74 Å². The second-order valence-electron chi connectivity index (χ2n) is 5.75. The van der Waals surface area contributed by atoms with E-state index in [1.807, 2.05) is 7.05 Å². The van der Waals surface area contributed by atoms with Crippen LogP contribution in [0.3, 0.4) is 0 Å². The number of nitrogens with one attached hydrogen (secondary N) is 1. The summed E-state index contributed by atoms with van der Waals surface area (Å²) in [5.74, 6) is 0.952. The lowest BCUT2D eigenvalue weighted by Crippen LogP contribution is -2.61. The third-order valence-electron chi connectivity index (χ3n) is 4.69. The quantitative estimate of drug-likeness (QED) is 0.750. The zero-order valence-corrected chi connectivity index (χ0v) is 10.9. The average Bonchev–Trinajstić information content (AvgIpc) is 2.41. The monoisotopic (exact) mass is 239 g/mol. The maximum atomic E-state index is 5.80. The summed E-state index contributed by atoms with van der Waals surface area (Å²) in [6.45, 7) is 8.13. The molecule has 4 heterocycles. The summed E-state index contributed by atoms with van der Waals surface area (Å²) in [7, 11) is 2.01. The molecule has 17 heavy (non-hydrogen) atoms. The predicted octanol–water partition coefficient (Wildman–Crippen LogP) is 0.000800. The molecule has 4 fully saturated rings. The van der Waals surface area contributed by atoms with Crippen LogP contribution in [0.1, 0.15) is 12.8 Å². The van der Waals surface area contributed by atoms with E-state index in [2.05, 4.69) is 15.1 Å². The smallest absolute Gasteiger partial charge is 0.0826 e. The minimum atomic E-state index is 0.393. The van der Waals surface area contributed by atoms with Crippen molar-refractivity contribution in [3.8, 4) is 0 Å². The van der Waals surface area contributed by atoms with E-state index >= 15 is 0 Å². The maximum absolute atomic E-state index is 5.80. The molecule has 0 aliphatic carbocycles. The van der Waals surface area contributed by atoms with Crippen LogP contribution in [0.4, 0.5) is 0 Å². The number of rotatable bonds is 3. The van der Waals surface area contributed by atoms with Crippen molar-refractivity contribution in [1.82, 2.24) is 15.1 Å². The summed E-state index contributed by atoms with van der Waals surface area (Å²) >= 11 is 0. The van der Waals surface area contributed by atoms with E-state index in [-0.39, 0.29) is 0 Å². The molecule has 98 valence electrons. The fraction of sp³-hybridized carbons (Fsp3) is 1.00. The molecule has 0 aromatic carbocycles. The molecule has 4 heteroatoms. The molecule has 0 aromatic heterocycles. The fourth-order valence-electron chi connectivity index (χ4n) is 3.74. The highest BCUT2D eigenvalue weighted by Gasteiger charge is 2.38. The highest BCUT2D eigenvalue weighted by Crippen LogP contribution is 2.31. The van der Waals surface area contributed by atoms with E-state index in [1.54, 1.807) is 0 Å². The van der Waals surface area contributed by atoms with Gasteiger partial charge in [0.15, 0.2) is 0 Å². The molecule has 1 N–H and O–H groups in total. The number of nitrogens with zero attached hydrogens (tertiary/aromatic N) is 2. The summed E-state index contributed by atoms with van der Waals surface area (Å²) in [4.78, 5) is 5.34. The highest BCUT2D eigenvalue weighted by atomic mass is 16.5. The molecule has 0 spiro atoms. The Hall–Kier alpha value is -0.160. The Morgan fingerprint density at radius 3 is 2.65 bits per heavy atom. The van der Waals surface area contributed by atoms with Gasteiger partial charge in [-0.2, -0.15) is 0 Å². The van der Waals surface area contributed by atoms with Gasteiger partial charge in [-0.25, -0.2) is 0 Å². The first kappa shape index (κ1) is 11.9. The topological polar surface area (TPSA) is 27.7 Å². The predicted molar refractivity (Wildman–Crippen MR) is 68.2 cm³/mol. The fourth-order valence-corrected chi connectivity index (χ4v) is 3.74. The van der Waals surface area contributed by atoms with Crippen molar-refractivity contribution in [2.45, 2.75) is 25.0 Å². The average molecular weight is 239 g/mol. The molecule has 2 bridgehead atoms. The van der Waals surface area contributed by atoms with E-state index in [1.165, 1.54) is 32.5 Å². The number of ether oxygens (including phenoxy) is 1. The number of hydrogen-bond acceptors (Lipinski definition) is 4. The summed E-state index contributed by atoms with van der Waals surface area (Å²) < 4.78 is 5.80. The molecule has 4 rings (SSSR count). The van der Waals surface area contributed by atoms with Crippen LogP contribution in [-0.4, -0.2) is 74.9 Å². The van der Waals surface area contributed by atoms with Gasteiger partial charge >= 0.3 is 0 Å². The van der Waals surface area contributed by atoms with E-state index in [4.69, 9.17) is 4.74 Å². The zero-order chi connectivity index (χ0) is 11.7. The summed E-state index contributed by atoms with van der Waals surface area (Å²) in [6, 6.07) is 0.806. The van der Waals surface area contributed by atoms with Crippen molar-refractivity contribution in [2.24, 2.45) is 5.92 Å². The highest BCUT2D eigenvalue weighted by molar-refractivity contribution is 4.93. The van der Waals surface area contributed by atoms with E-state index in [9.17, 15) is 0 Å². The molecule has 0 aromatic rings. The molecule has 2 unspecified atom stereocenters. The molecule has 4 aliphatic heterocycles. The standard InChI is InChI=1S/C13H25N3O/c1-14-8-12-9-16(6-7-17-12)13-10-15-4-2-11(13)3-5-15/h11-14H,2-10H2,1H3. The lowest BCUT2D eigenvalue weighted by Gasteiger charge is -2.50. The third kappa shape index (κ3) is 2.50. The van der Waals surface area contributed by atoms with E-state index in [0.29, 0.717) is 6.10 Å². The Bertz CT molecular complexity index is 251. The summed E-state index contributed by atoms with van der Waals surface area (Å²) in [5, 5.41) is 3.23. The van der Waals surface area contributed by atoms with Crippen LogP contribution >= 0.6 is 0 Å². The van der Waals surface area contributed by atoms with Gasteiger partial charge in [0.25, 0.3) is 0 Å². The van der Waals surface area contributed by atoms with Gasteiger partial charge in [0.1, 0.15) is 0 Å². The van der Waals surface area contributed by atoms with Crippen LogP contribution < -0.4 is 5.32 Å². The minimum absolute atomic E-state index is 0.393. The van der Waals surface area contributed by atoms with Crippen LogP contribution in [0.5, 0.6) is 0 Å². The van der Waals surface area contributed by atoms with Crippen LogP contribution in [0, 0.1) is 5.92 Å². The Morgan fingerprint density at radius 1 is 1.18 bits per heavy atom. The van der Waals surface area contributed by atoms with Crippen molar-refractivity contribution in [2.75, 3.05) is 52.9 Å². The van der Waals surface area contributed by atoms with Crippen LogP contribution in [0.25, 0.3) is 0 Å². The number of morpholine rings is 1. The SMILES string of the molecule is CNCC1CN(C2CN3CCC2CC3)CCO1. The van der Waals surface area contributed by atoms with E-state index < -0.39 is 0 Å². The molecule has 4 aliphatic rings.